The SMILES string of the molecule is CCCCCCC(C#N)C(CCCCCC)[Se]c1ccccc1. The van der Waals surface area contributed by atoms with Crippen LogP contribution in [0.15, 0.2) is 30.3 Å². The van der Waals surface area contributed by atoms with Crippen LogP contribution in [0.1, 0.15) is 78.1 Å². The number of unbranched alkanes of at least 4 members (excludes halogenated alkanes) is 6. The predicted octanol–water partition coefficient (Wildman–Crippen LogP) is 5.89. The van der Waals surface area contributed by atoms with E-state index in [9.17, 15) is 5.26 Å². The molecule has 0 aliphatic carbocycles. The van der Waals surface area contributed by atoms with Gasteiger partial charge in [-0.3, -0.25) is 0 Å². The maximum absolute atomic E-state index is 9.69. The average molecular weight is 378 g/mol. The molecule has 128 valence electrons. The Morgan fingerprint density at radius 3 is 2.04 bits per heavy atom. The molecule has 0 aliphatic rings. The Kier molecular flexibility index (Phi) is 12.0. The summed E-state index contributed by atoms with van der Waals surface area (Å²) < 4.78 is 1.45. The molecule has 1 aromatic rings. The Labute approximate surface area is 150 Å². The molecule has 0 radical (unpaired) electrons. The molecule has 0 spiro atoms. The van der Waals surface area contributed by atoms with Gasteiger partial charge in [0.25, 0.3) is 0 Å². The van der Waals surface area contributed by atoms with Gasteiger partial charge in [0.15, 0.2) is 0 Å². The van der Waals surface area contributed by atoms with E-state index in [2.05, 4.69) is 50.2 Å². The van der Waals surface area contributed by atoms with Crippen molar-refractivity contribution in [1.29, 1.82) is 5.26 Å². The van der Waals surface area contributed by atoms with E-state index >= 15 is 0 Å². The van der Waals surface area contributed by atoms with Crippen molar-refractivity contribution in [2.75, 3.05) is 0 Å². The van der Waals surface area contributed by atoms with Gasteiger partial charge in [-0.25, -0.2) is 0 Å². The molecular weight excluding hydrogens is 345 g/mol. The van der Waals surface area contributed by atoms with Gasteiger partial charge in [0.05, 0.1) is 0 Å². The fourth-order valence-corrected chi connectivity index (χ4v) is 5.66. The fraction of sp³-hybridized carbons (Fsp3) is 0.667. The minimum absolute atomic E-state index is 0.258. The van der Waals surface area contributed by atoms with Crippen LogP contribution in [0.25, 0.3) is 0 Å². The minimum atomic E-state index is 0.258. The first-order valence-electron chi connectivity index (χ1n) is 9.43. The van der Waals surface area contributed by atoms with Crippen molar-refractivity contribution in [3.8, 4) is 6.07 Å². The van der Waals surface area contributed by atoms with Gasteiger partial charge in [-0.15, -0.1) is 0 Å². The molecule has 0 aromatic heterocycles. The van der Waals surface area contributed by atoms with Crippen molar-refractivity contribution < 1.29 is 0 Å². The summed E-state index contributed by atoms with van der Waals surface area (Å²) in [7, 11) is 0. The van der Waals surface area contributed by atoms with E-state index in [1.165, 1.54) is 62.2 Å². The molecule has 0 heterocycles. The second kappa shape index (κ2) is 13.6. The van der Waals surface area contributed by atoms with Gasteiger partial charge in [-0.1, -0.05) is 0 Å². The Bertz CT molecular complexity index is 423. The number of rotatable bonds is 13. The molecule has 23 heavy (non-hydrogen) atoms. The zero-order valence-corrected chi connectivity index (χ0v) is 16.7. The van der Waals surface area contributed by atoms with E-state index in [0.717, 1.165) is 6.42 Å². The van der Waals surface area contributed by atoms with E-state index in [-0.39, 0.29) is 5.92 Å². The summed E-state index contributed by atoms with van der Waals surface area (Å²) >= 11 is 0.429. The molecule has 0 fully saturated rings. The van der Waals surface area contributed by atoms with Crippen LogP contribution in [0.4, 0.5) is 0 Å². The summed E-state index contributed by atoms with van der Waals surface area (Å²) in [4.78, 5) is 0.591. The Morgan fingerprint density at radius 2 is 1.48 bits per heavy atom. The molecule has 2 atom stereocenters. The van der Waals surface area contributed by atoms with Crippen LogP contribution in [-0.4, -0.2) is 15.0 Å². The van der Waals surface area contributed by atoms with Crippen LogP contribution < -0.4 is 4.46 Å². The number of hydrogen-bond acceptors (Lipinski definition) is 1. The van der Waals surface area contributed by atoms with Crippen molar-refractivity contribution in [3.05, 3.63) is 30.3 Å². The summed E-state index contributed by atoms with van der Waals surface area (Å²) in [6.45, 7) is 4.51. The van der Waals surface area contributed by atoms with E-state index < -0.39 is 0 Å². The maximum atomic E-state index is 9.69. The van der Waals surface area contributed by atoms with Gasteiger partial charge in [-0.2, -0.15) is 0 Å². The standard InChI is InChI=1S/C21H33NSe/c1-3-5-7-10-14-19(18-22)21(17-13-8-6-4-2)23-20-15-11-9-12-16-20/h9,11-12,15-16,19,21H,3-8,10,13-14,17H2,1-2H3. The first kappa shape index (κ1) is 20.3. The van der Waals surface area contributed by atoms with Crippen LogP contribution >= 0.6 is 0 Å². The third-order valence-electron chi connectivity index (χ3n) is 4.36. The molecule has 0 bridgehead atoms. The first-order valence-corrected chi connectivity index (χ1v) is 11.3. The van der Waals surface area contributed by atoms with E-state index in [1.54, 1.807) is 0 Å². The average Bonchev–Trinajstić information content (AvgIpc) is 2.59. The molecule has 0 saturated heterocycles. The summed E-state index contributed by atoms with van der Waals surface area (Å²) in [5, 5.41) is 9.69. The quantitative estimate of drug-likeness (QED) is 0.310. The van der Waals surface area contributed by atoms with Gasteiger partial charge in [0, 0.05) is 0 Å². The van der Waals surface area contributed by atoms with Crippen LogP contribution in [0.3, 0.4) is 0 Å². The van der Waals surface area contributed by atoms with Crippen molar-refractivity contribution in [1.82, 2.24) is 0 Å². The summed E-state index contributed by atoms with van der Waals surface area (Å²) in [5.41, 5.74) is 0. The molecule has 2 unspecified atom stereocenters. The molecular formula is C21H33NSe. The Morgan fingerprint density at radius 1 is 0.870 bits per heavy atom. The van der Waals surface area contributed by atoms with Gasteiger partial charge in [0.1, 0.15) is 0 Å². The van der Waals surface area contributed by atoms with E-state index in [1.807, 2.05) is 0 Å². The van der Waals surface area contributed by atoms with Crippen LogP contribution in [0, 0.1) is 17.2 Å². The third-order valence-corrected chi connectivity index (χ3v) is 7.32. The van der Waals surface area contributed by atoms with E-state index in [4.69, 9.17) is 0 Å². The zero-order chi connectivity index (χ0) is 16.8. The van der Waals surface area contributed by atoms with Gasteiger partial charge in [0.2, 0.25) is 0 Å². The molecule has 1 nitrogen and oxygen atoms in total. The fourth-order valence-electron chi connectivity index (χ4n) is 2.91. The predicted molar refractivity (Wildman–Crippen MR) is 102 cm³/mol. The van der Waals surface area contributed by atoms with Crippen molar-refractivity contribution in [3.63, 3.8) is 0 Å². The first-order chi connectivity index (χ1) is 11.3. The van der Waals surface area contributed by atoms with Crippen molar-refractivity contribution in [2.24, 2.45) is 5.92 Å². The molecule has 0 amide bonds. The van der Waals surface area contributed by atoms with Crippen LogP contribution in [0.5, 0.6) is 0 Å². The van der Waals surface area contributed by atoms with Crippen LogP contribution in [0.2, 0.25) is 4.82 Å². The summed E-state index contributed by atoms with van der Waals surface area (Å²) in [6.07, 6.45) is 12.7. The van der Waals surface area contributed by atoms with Gasteiger partial charge in [-0.05, 0) is 0 Å². The number of hydrogen-bond donors (Lipinski definition) is 0. The summed E-state index contributed by atoms with van der Waals surface area (Å²) in [5.74, 6) is 0.258. The molecule has 1 aromatic carbocycles. The zero-order valence-electron chi connectivity index (χ0n) is 15.0. The number of nitrogens with zero attached hydrogens (tertiary/aromatic N) is 1. The van der Waals surface area contributed by atoms with Crippen LogP contribution in [-0.2, 0) is 0 Å². The molecule has 0 N–H and O–H groups in total. The topological polar surface area (TPSA) is 23.8 Å². The summed E-state index contributed by atoms with van der Waals surface area (Å²) in [6, 6.07) is 13.5. The van der Waals surface area contributed by atoms with Crippen molar-refractivity contribution >= 4 is 19.4 Å². The second-order valence-corrected chi connectivity index (χ2v) is 9.16. The Balaban J connectivity index is 2.57. The number of nitriles is 1. The number of benzene rings is 1. The third kappa shape index (κ3) is 9.19. The van der Waals surface area contributed by atoms with Gasteiger partial charge >= 0.3 is 150 Å². The monoisotopic (exact) mass is 379 g/mol. The van der Waals surface area contributed by atoms with E-state index in [0.29, 0.717) is 19.8 Å². The second-order valence-electron chi connectivity index (χ2n) is 6.40. The molecule has 2 heteroatoms. The molecule has 0 saturated carbocycles. The normalized spacial score (nSPS) is 13.4. The molecule has 0 aliphatic heterocycles. The Hall–Kier alpha value is -0.771. The van der Waals surface area contributed by atoms with Crippen molar-refractivity contribution in [2.45, 2.75) is 82.9 Å². The van der Waals surface area contributed by atoms with Gasteiger partial charge < -0.3 is 0 Å². The molecule has 1 rings (SSSR count).